The number of hydrogen-bond acceptors (Lipinski definition) is 5. The van der Waals surface area contributed by atoms with Gasteiger partial charge in [-0.15, -0.1) is 11.3 Å². The largest absolute Gasteiger partial charge is 0.497 e. The van der Waals surface area contributed by atoms with Crippen LogP contribution in [-0.4, -0.2) is 26.1 Å². The van der Waals surface area contributed by atoms with Gasteiger partial charge in [0.25, 0.3) is 5.91 Å². The molecule has 30 heavy (non-hydrogen) atoms. The van der Waals surface area contributed by atoms with E-state index in [4.69, 9.17) is 9.47 Å². The third kappa shape index (κ3) is 3.96. The van der Waals surface area contributed by atoms with Crippen LogP contribution in [0, 0.1) is 0 Å². The first-order valence-electron chi connectivity index (χ1n) is 9.88. The number of amides is 1. The summed E-state index contributed by atoms with van der Waals surface area (Å²) < 4.78 is 10.2. The van der Waals surface area contributed by atoms with E-state index >= 15 is 0 Å². The molecule has 0 saturated heterocycles. The van der Waals surface area contributed by atoms with E-state index in [2.05, 4.69) is 17.4 Å². The lowest BCUT2D eigenvalue weighted by atomic mass is 9.89. The van der Waals surface area contributed by atoms with E-state index in [1.165, 1.54) is 42.4 Å². The van der Waals surface area contributed by atoms with Gasteiger partial charge >= 0.3 is 5.97 Å². The number of carbonyl (C=O) groups excluding carboxylic acids is 2. The predicted molar refractivity (Wildman–Crippen MR) is 119 cm³/mol. The zero-order chi connectivity index (χ0) is 21.1. The molecule has 5 nitrogen and oxygen atoms in total. The van der Waals surface area contributed by atoms with Gasteiger partial charge in [0.1, 0.15) is 16.3 Å². The topological polar surface area (TPSA) is 64.6 Å². The minimum Gasteiger partial charge on any atom is -0.497 e. The molecule has 0 fully saturated rings. The zero-order valence-electron chi connectivity index (χ0n) is 17.0. The van der Waals surface area contributed by atoms with Gasteiger partial charge in [-0.1, -0.05) is 24.3 Å². The summed E-state index contributed by atoms with van der Waals surface area (Å²) >= 11 is 1.32. The van der Waals surface area contributed by atoms with Gasteiger partial charge in [0.2, 0.25) is 0 Å². The first-order valence-corrected chi connectivity index (χ1v) is 10.8. The Labute approximate surface area is 179 Å². The van der Waals surface area contributed by atoms with Crippen molar-refractivity contribution < 1.29 is 19.1 Å². The van der Waals surface area contributed by atoms with Gasteiger partial charge in [-0.3, -0.25) is 4.79 Å². The molecule has 0 bridgehead atoms. The average molecular weight is 422 g/mol. The zero-order valence-corrected chi connectivity index (χ0v) is 17.8. The molecular weight excluding hydrogens is 398 g/mol. The molecule has 4 rings (SSSR count). The summed E-state index contributed by atoms with van der Waals surface area (Å²) in [6, 6.07) is 13.2. The number of aryl methyl sites for hydroxylation is 2. The van der Waals surface area contributed by atoms with Crippen LogP contribution in [0.25, 0.3) is 11.1 Å². The lowest BCUT2D eigenvalue weighted by Gasteiger charge is -2.16. The summed E-state index contributed by atoms with van der Waals surface area (Å²) in [6.45, 7) is 0. The predicted octanol–water partition coefficient (Wildman–Crippen LogP) is 5.34. The maximum absolute atomic E-state index is 12.8. The highest BCUT2D eigenvalue weighted by molar-refractivity contribution is 7.15. The van der Waals surface area contributed by atoms with Crippen molar-refractivity contribution in [3.05, 3.63) is 70.1 Å². The normalized spacial score (nSPS) is 12.7. The van der Waals surface area contributed by atoms with Crippen LogP contribution < -0.4 is 10.1 Å². The number of esters is 1. The molecule has 0 radical (unpaired) electrons. The van der Waals surface area contributed by atoms with Crippen LogP contribution in [-0.2, 0) is 17.6 Å². The Morgan fingerprint density at radius 3 is 2.57 bits per heavy atom. The molecule has 1 heterocycles. The fourth-order valence-corrected chi connectivity index (χ4v) is 4.76. The van der Waals surface area contributed by atoms with E-state index in [9.17, 15) is 9.59 Å². The van der Waals surface area contributed by atoms with Crippen molar-refractivity contribution >= 4 is 28.2 Å². The highest BCUT2D eigenvalue weighted by atomic mass is 32.1. The van der Waals surface area contributed by atoms with Gasteiger partial charge in [0, 0.05) is 16.5 Å². The lowest BCUT2D eigenvalue weighted by Crippen LogP contribution is -2.14. The highest BCUT2D eigenvalue weighted by Crippen LogP contribution is 2.38. The van der Waals surface area contributed by atoms with E-state index in [-0.39, 0.29) is 5.91 Å². The number of benzene rings is 2. The fraction of sp³-hybridized carbons (Fsp3) is 0.250. The minimum atomic E-state index is -0.468. The minimum absolute atomic E-state index is 0.308. The van der Waals surface area contributed by atoms with Gasteiger partial charge < -0.3 is 14.8 Å². The number of ether oxygens (including phenoxy) is 2. The van der Waals surface area contributed by atoms with E-state index in [1.54, 1.807) is 31.4 Å². The molecule has 1 aliphatic rings. The van der Waals surface area contributed by atoms with Crippen molar-refractivity contribution in [2.75, 3.05) is 19.5 Å². The Balaban J connectivity index is 1.69. The molecule has 3 aromatic rings. The number of carbonyl (C=O) groups is 2. The number of methoxy groups -OCH3 is 2. The number of fused-ring (bicyclic) bond motifs is 1. The second kappa shape index (κ2) is 8.71. The number of thiophene rings is 1. The molecule has 1 amide bonds. The maximum atomic E-state index is 12.8. The summed E-state index contributed by atoms with van der Waals surface area (Å²) in [4.78, 5) is 25.4. The van der Waals surface area contributed by atoms with Crippen molar-refractivity contribution in [2.24, 2.45) is 0 Å². The van der Waals surface area contributed by atoms with Crippen LogP contribution in [0.5, 0.6) is 5.75 Å². The first kappa shape index (κ1) is 20.2. The fourth-order valence-electron chi connectivity index (χ4n) is 3.81. The van der Waals surface area contributed by atoms with Crippen molar-refractivity contribution in [1.82, 2.24) is 0 Å². The first-order chi connectivity index (χ1) is 14.6. The van der Waals surface area contributed by atoms with E-state index in [0.29, 0.717) is 21.9 Å². The number of anilines is 1. The molecule has 0 saturated carbocycles. The third-order valence-electron chi connectivity index (χ3n) is 5.40. The SMILES string of the molecule is COC(=O)c1c(-c2ccc3c(c2)CCCC3)csc1NC(=O)c1cccc(OC)c1. The molecule has 0 atom stereocenters. The third-order valence-corrected chi connectivity index (χ3v) is 6.29. The van der Waals surface area contributed by atoms with E-state index < -0.39 is 5.97 Å². The molecule has 2 aromatic carbocycles. The van der Waals surface area contributed by atoms with Crippen LogP contribution >= 0.6 is 11.3 Å². The van der Waals surface area contributed by atoms with Gasteiger partial charge in [-0.2, -0.15) is 0 Å². The summed E-state index contributed by atoms with van der Waals surface area (Å²) in [6.07, 6.45) is 4.57. The summed E-state index contributed by atoms with van der Waals surface area (Å²) in [5.41, 5.74) is 5.30. The monoisotopic (exact) mass is 421 g/mol. The summed E-state index contributed by atoms with van der Waals surface area (Å²) in [5, 5.41) is 5.24. The number of hydrogen-bond donors (Lipinski definition) is 1. The van der Waals surface area contributed by atoms with E-state index in [0.717, 1.165) is 24.0 Å². The van der Waals surface area contributed by atoms with Gasteiger partial charge in [0.05, 0.1) is 14.2 Å². The summed E-state index contributed by atoms with van der Waals surface area (Å²) in [7, 11) is 2.90. The quantitative estimate of drug-likeness (QED) is 0.565. The number of rotatable bonds is 5. The standard InChI is InChI=1S/C24H23NO4S/c1-28-19-9-5-8-18(13-19)22(26)25-23-21(24(27)29-2)20(14-30-23)17-11-10-15-6-3-4-7-16(15)12-17/h5,8-14H,3-4,6-7H2,1-2H3,(H,25,26). The summed E-state index contributed by atoms with van der Waals surface area (Å²) in [5.74, 6) is -0.181. The molecule has 154 valence electrons. The molecule has 1 aliphatic carbocycles. The number of nitrogens with one attached hydrogen (secondary N) is 1. The molecule has 1 N–H and O–H groups in total. The van der Waals surface area contributed by atoms with Crippen molar-refractivity contribution in [2.45, 2.75) is 25.7 Å². The molecular formula is C24H23NO4S. The van der Waals surface area contributed by atoms with Gasteiger partial charge in [-0.05, 0) is 60.6 Å². The molecule has 0 aliphatic heterocycles. The Morgan fingerprint density at radius 2 is 1.80 bits per heavy atom. The van der Waals surface area contributed by atoms with Crippen LogP contribution in [0.3, 0.4) is 0 Å². The molecule has 0 spiro atoms. The van der Waals surface area contributed by atoms with Crippen molar-refractivity contribution in [1.29, 1.82) is 0 Å². The van der Waals surface area contributed by atoms with Crippen LogP contribution in [0.4, 0.5) is 5.00 Å². The Hall–Kier alpha value is -3.12. The Morgan fingerprint density at radius 1 is 1.00 bits per heavy atom. The lowest BCUT2D eigenvalue weighted by molar-refractivity contribution is 0.0603. The van der Waals surface area contributed by atoms with Gasteiger partial charge in [-0.25, -0.2) is 4.79 Å². The van der Waals surface area contributed by atoms with E-state index in [1.807, 2.05) is 11.4 Å². The van der Waals surface area contributed by atoms with Crippen molar-refractivity contribution in [3.8, 4) is 16.9 Å². The molecule has 1 aromatic heterocycles. The highest BCUT2D eigenvalue weighted by Gasteiger charge is 2.23. The Kier molecular flexibility index (Phi) is 5.86. The smallest absolute Gasteiger partial charge is 0.341 e. The second-order valence-electron chi connectivity index (χ2n) is 7.22. The molecule has 0 unspecified atom stereocenters. The molecule has 6 heteroatoms. The Bertz CT molecular complexity index is 1100. The average Bonchev–Trinajstić information content (AvgIpc) is 3.21. The van der Waals surface area contributed by atoms with Crippen LogP contribution in [0.2, 0.25) is 0 Å². The van der Waals surface area contributed by atoms with Gasteiger partial charge in [0.15, 0.2) is 0 Å². The van der Waals surface area contributed by atoms with Crippen molar-refractivity contribution in [3.63, 3.8) is 0 Å². The van der Waals surface area contributed by atoms with Crippen LogP contribution in [0.1, 0.15) is 44.7 Å². The second-order valence-corrected chi connectivity index (χ2v) is 8.10. The van der Waals surface area contributed by atoms with Crippen LogP contribution in [0.15, 0.2) is 47.8 Å². The maximum Gasteiger partial charge on any atom is 0.341 e.